The summed E-state index contributed by atoms with van der Waals surface area (Å²) in [5.41, 5.74) is 3.10. The molecule has 2 aromatic heterocycles. The molecule has 0 saturated heterocycles. The van der Waals surface area contributed by atoms with Crippen LogP contribution in [0.25, 0.3) is 11.0 Å². The van der Waals surface area contributed by atoms with E-state index in [-0.39, 0.29) is 11.2 Å². The summed E-state index contributed by atoms with van der Waals surface area (Å²) in [4.78, 5) is 8.97. The third-order valence-electron chi connectivity index (χ3n) is 3.40. The molecule has 1 atom stereocenters. The van der Waals surface area contributed by atoms with E-state index in [1.165, 1.54) is 6.07 Å². The minimum atomic E-state index is -0.250. The number of aryl methyl sites for hydroxylation is 2. The lowest BCUT2D eigenvalue weighted by Crippen LogP contribution is -2.06. The van der Waals surface area contributed by atoms with Crippen LogP contribution in [0.15, 0.2) is 17.5 Å². The van der Waals surface area contributed by atoms with Gasteiger partial charge in [-0.1, -0.05) is 0 Å². The van der Waals surface area contributed by atoms with Crippen LogP contribution in [0.1, 0.15) is 34.4 Å². The van der Waals surface area contributed by atoms with E-state index in [1.54, 1.807) is 18.3 Å². The Bertz CT molecular complexity index is 807. The van der Waals surface area contributed by atoms with Gasteiger partial charge in [0.05, 0.1) is 33.7 Å². The van der Waals surface area contributed by atoms with Gasteiger partial charge in [-0.05, 0) is 32.4 Å². The van der Waals surface area contributed by atoms with Crippen molar-refractivity contribution in [1.82, 2.24) is 14.5 Å². The molecule has 3 nitrogen and oxygen atoms in total. The number of imidazole rings is 1. The van der Waals surface area contributed by atoms with Crippen molar-refractivity contribution in [1.29, 1.82) is 0 Å². The quantitative estimate of drug-likeness (QED) is 0.660. The molecular formula is C15H15ClFN3S. The number of halogens is 2. The van der Waals surface area contributed by atoms with Gasteiger partial charge in [0.15, 0.2) is 0 Å². The number of benzene rings is 1. The molecule has 0 spiro atoms. The van der Waals surface area contributed by atoms with Crippen molar-refractivity contribution < 1.29 is 4.39 Å². The Labute approximate surface area is 131 Å². The predicted molar refractivity (Wildman–Crippen MR) is 84.6 cm³/mol. The fraction of sp³-hybridized carbons (Fsp3) is 0.333. The minimum absolute atomic E-state index is 0.245. The highest BCUT2D eigenvalue weighted by Crippen LogP contribution is 2.27. The largest absolute Gasteiger partial charge is 0.321 e. The van der Waals surface area contributed by atoms with Crippen LogP contribution < -0.4 is 0 Å². The van der Waals surface area contributed by atoms with E-state index in [4.69, 9.17) is 11.6 Å². The standard InChI is InChI=1S/C15H15ClFN3S/c1-8-4-14-13(5-12(8)17)19-15(9(2)16)20(14)6-11-7-21-10(3)18-11/h4-5,7,9H,6H2,1-3H3. The fourth-order valence-electron chi connectivity index (χ4n) is 2.38. The van der Waals surface area contributed by atoms with Gasteiger partial charge in [-0.3, -0.25) is 0 Å². The van der Waals surface area contributed by atoms with E-state index in [0.717, 1.165) is 22.0 Å². The molecule has 0 aliphatic rings. The molecule has 2 heterocycles. The van der Waals surface area contributed by atoms with Crippen LogP contribution >= 0.6 is 22.9 Å². The zero-order valence-corrected chi connectivity index (χ0v) is 13.6. The molecule has 0 bridgehead atoms. The third kappa shape index (κ3) is 2.68. The lowest BCUT2D eigenvalue weighted by molar-refractivity contribution is 0.620. The van der Waals surface area contributed by atoms with Crippen LogP contribution in [-0.2, 0) is 6.54 Å². The molecule has 0 amide bonds. The molecule has 21 heavy (non-hydrogen) atoms. The Morgan fingerprint density at radius 3 is 2.71 bits per heavy atom. The molecule has 6 heteroatoms. The second-order valence-corrected chi connectivity index (χ2v) is 6.84. The first-order chi connectivity index (χ1) is 9.95. The van der Waals surface area contributed by atoms with Crippen molar-refractivity contribution in [3.05, 3.63) is 45.4 Å². The molecule has 3 rings (SSSR count). The molecule has 0 radical (unpaired) electrons. The van der Waals surface area contributed by atoms with Gasteiger partial charge in [-0.25, -0.2) is 14.4 Å². The second kappa shape index (κ2) is 5.39. The summed E-state index contributed by atoms with van der Waals surface area (Å²) in [5.74, 6) is 0.493. The molecular weight excluding hydrogens is 309 g/mol. The number of fused-ring (bicyclic) bond motifs is 1. The molecule has 3 aromatic rings. The van der Waals surface area contributed by atoms with E-state index in [9.17, 15) is 4.39 Å². The average molecular weight is 324 g/mol. The van der Waals surface area contributed by atoms with Crippen LogP contribution in [0.2, 0.25) is 0 Å². The first-order valence-corrected chi connectivity index (χ1v) is 7.98. The summed E-state index contributed by atoms with van der Waals surface area (Å²) in [6.45, 7) is 6.20. The van der Waals surface area contributed by atoms with E-state index in [2.05, 4.69) is 9.97 Å². The number of nitrogens with zero attached hydrogens (tertiary/aromatic N) is 3. The molecule has 110 valence electrons. The Kier molecular flexibility index (Phi) is 3.71. The van der Waals surface area contributed by atoms with Crippen molar-refractivity contribution in [2.24, 2.45) is 0 Å². The number of alkyl halides is 1. The van der Waals surface area contributed by atoms with E-state index in [0.29, 0.717) is 17.6 Å². The first-order valence-electron chi connectivity index (χ1n) is 6.67. The maximum Gasteiger partial charge on any atom is 0.128 e. The Morgan fingerprint density at radius 1 is 1.33 bits per heavy atom. The van der Waals surface area contributed by atoms with Crippen LogP contribution in [0.4, 0.5) is 4.39 Å². The van der Waals surface area contributed by atoms with Gasteiger partial charge in [0.2, 0.25) is 0 Å². The van der Waals surface area contributed by atoms with Crippen molar-refractivity contribution in [3.63, 3.8) is 0 Å². The molecule has 0 N–H and O–H groups in total. The third-order valence-corrected chi connectivity index (χ3v) is 4.42. The number of aromatic nitrogens is 3. The lowest BCUT2D eigenvalue weighted by atomic mass is 10.2. The summed E-state index contributed by atoms with van der Waals surface area (Å²) in [5, 5.41) is 2.80. The lowest BCUT2D eigenvalue weighted by Gasteiger charge is -2.09. The summed E-state index contributed by atoms with van der Waals surface area (Å²) in [7, 11) is 0. The normalized spacial score (nSPS) is 13.0. The first kappa shape index (κ1) is 14.5. The fourth-order valence-corrected chi connectivity index (χ4v) is 3.15. The predicted octanol–water partition coefficient (Wildman–Crippen LogP) is 4.60. The van der Waals surface area contributed by atoms with Crippen LogP contribution in [0.3, 0.4) is 0 Å². The number of thiazole rings is 1. The highest BCUT2D eigenvalue weighted by Gasteiger charge is 2.17. The minimum Gasteiger partial charge on any atom is -0.321 e. The highest BCUT2D eigenvalue weighted by molar-refractivity contribution is 7.09. The molecule has 1 unspecified atom stereocenters. The van der Waals surface area contributed by atoms with Crippen molar-refractivity contribution in [2.45, 2.75) is 32.7 Å². The van der Waals surface area contributed by atoms with Gasteiger partial charge in [0, 0.05) is 11.4 Å². The van der Waals surface area contributed by atoms with Crippen molar-refractivity contribution in [2.75, 3.05) is 0 Å². The van der Waals surface area contributed by atoms with Gasteiger partial charge < -0.3 is 4.57 Å². The SMILES string of the molecule is Cc1nc(Cn2c(C(C)Cl)nc3cc(F)c(C)cc32)cs1. The van der Waals surface area contributed by atoms with Crippen LogP contribution in [0.5, 0.6) is 0 Å². The second-order valence-electron chi connectivity index (χ2n) is 5.12. The zero-order chi connectivity index (χ0) is 15.1. The van der Waals surface area contributed by atoms with E-state index >= 15 is 0 Å². The van der Waals surface area contributed by atoms with Crippen molar-refractivity contribution >= 4 is 34.0 Å². The van der Waals surface area contributed by atoms with E-state index in [1.807, 2.05) is 29.9 Å². The van der Waals surface area contributed by atoms with Gasteiger partial charge in [-0.2, -0.15) is 0 Å². The molecule has 0 aliphatic heterocycles. The highest BCUT2D eigenvalue weighted by atomic mass is 35.5. The van der Waals surface area contributed by atoms with Crippen LogP contribution in [-0.4, -0.2) is 14.5 Å². The summed E-state index contributed by atoms with van der Waals surface area (Å²) < 4.78 is 15.7. The van der Waals surface area contributed by atoms with Gasteiger partial charge >= 0.3 is 0 Å². The van der Waals surface area contributed by atoms with Gasteiger partial charge in [-0.15, -0.1) is 22.9 Å². The number of rotatable bonds is 3. The molecule has 1 aromatic carbocycles. The smallest absolute Gasteiger partial charge is 0.128 e. The maximum absolute atomic E-state index is 13.7. The Hall–Kier alpha value is -1.46. The molecule has 0 fully saturated rings. The summed E-state index contributed by atoms with van der Waals surface area (Å²) in [6.07, 6.45) is 0. The summed E-state index contributed by atoms with van der Waals surface area (Å²) in [6, 6.07) is 3.29. The van der Waals surface area contributed by atoms with E-state index < -0.39 is 0 Å². The number of hydrogen-bond donors (Lipinski definition) is 0. The summed E-state index contributed by atoms with van der Waals surface area (Å²) >= 11 is 7.85. The number of hydrogen-bond acceptors (Lipinski definition) is 3. The maximum atomic E-state index is 13.7. The Morgan fingerprint density at radius 2 is 2.10 bits per heavy atom. The molecule has 0 aliphatic carbocycles. The average Bonchev–Trinajstić information content (AvgIpc) is 2.96. The van der Waals surface area contributed by atoms with Crippen LogP contribution in [0, 0.1) is 19.7 Å². The monoisotopic (exact) mass is 323 g/mol. The molecule has 0 saturated carbocycles. The van der Waals surface area contributed by atoms with Gasteiger partial charge in [0.25, 0.3) is 0 Å². The van der Waals surface area contributed by atoms with Gasteiger partial charge in [0.1, 0.15) is 11.6 Å². The zero-order valence-electron chi connectivity index (χ0n) is 12.0. The van der Waals surface area contributed by atoms with Crippen molar-refractivity contribution in [3.8, 4) is 0 Å². The Balaban J connectivity index is 2.17. The topological polar surface area (TPSA) is 30.7 Å².